The number of nitro benzene ring substituents is 1. The average molecular weight is 324 g/mol. The van der Waals surface area contributed by atoms with Crippen molar-refractivity contribution in [3.63, 3.8) is 0 Å². The Balaban J connectivity index is 1.97. The SMILES string of the molecule is C=CCNC(=NCc1ccccc1)NCc1ccc([N+](=O)[O-])cc1. The van der Waals surface area contributed by atoms with Gasteiger partial charge in [0, 0.05) is 25.2 Å². The van der Waals surface area contributed by atoms with Gasteiger partial charge >= 0.3 is 0 Å². The average Bonchev–Trinajstić information content (AvgIpc) is 2.62. The van der Waals surface area contributed by atoms with Crippen LogP contribution in [0.1, 0.15) is 11.1 Å². The highest BCUT2D eigenvalue weighted by Gasteiger charge is 2.04. The van der Waals surface area contributed by atoms with Crippen molar-refractivity contribution in [2.24, 2.45) is 4.99 Å². The highest BCUT2D eigenvalue weighted by molar-refractivity contribution is 5.79. The number of non-ortho nitro benzene ring substituents is 1. The van der Waals surface area contributed by atoms with E-state index in [1.165, 1.54) is 12.1 Å². The van der Waals surface area contributed by atoms with E-state index in [2.05, 4.69) is 22.2 Å². The van der Waals surface area contributed by atoms with Crippen LogP contribution in [0.15, 0.2) is 72.2 Å². The van der Waals surface area contributed by atoms with Crippen LogP contribution in [-0.4, -0.2) is 17.4 Å². The van der Waals surface area contributed by atoms with Crippen molar-refractivity contribution < 1.29 is 4.92 Å². The lowest BCUT2D eigenvalue weighted by Crippen LogP contribution is -2.37. The van der Waals surface area contributed by atoms with Gasteiger partial charge in [0.25, 0.3) is 5.69 Å². The second-order valence-corrected chi connectivity index (χ2v) is 5.10. The highest BCUT2D eigenvalue weighted by atomic mass is 16.6. The van der Waals surface area contributed by atoms with Gasteiger partial charge in [0.05, 0.1) is 11.5 Å². The molecule has 0 fully saturated rings. The Kier molecular flexibility index (Phi) is 6.52. The Morgan fingerprint density at radius 1 is 1.08 bits per heavy atom. The largest absolute Gasteiger partial charge is 0.353 e. The topological polar surface area (TPSA) is 79.6 Å². The summed E-state index contributed by atoms with van der Waals surface area (Å²) >= 11 is 0. The normalized spacial score (nSPS) is 10.9. The van der Waals surface area contributed by atoms with Crippen LogP contribution in [0.2, 0.25) is 0 Å². The fraction of sp³-hybridized carbons (Fsp3) is 0.167. The van der Waals surface area contributed by atoms with Crippen molar-refractivity contribution >= 4 is 11.6 Å². The predicted octanol–water partition coefficient (Wildman–Crippen LogP) is 3.02. The molecular formula is C18H20N4O2. The molecule has 124 valence electrons. The first kappa shape index (κ1) is 17.2. The Hall–Kier alpha value is -3.15. The Labute approximate surface area is 141 Å². The molecule has 6 heteroatoms. The molecule has 2 aromatic rings. The summed E-state index contributed by atoms with van der Waals surface area (Å²) in [5.41, 5.74) is 2.14. The molecule has 0 spiro atoms. The van der Waals surface area contributed by atoms with Crippen molar-refractivity contribution in [1.82, 2.24) is 10.6 Å². The Bertz CT molecular complexity index is 697. The van der Waals surface area contributed by atoms with Crippen molar-refractivity contribution in [2.45, 2.75) is 13.1 Å². The number of hydrogen-bond acceptors (Lipinski definition) is 3. The molecule has 0 aromatic heterocycles. The van der Waals surface area contributed by atoms with Gasteiger partial charge in [0.15, 0.2) is 5.96 Å². The summed E-state index contributed by atoms with van der Waals surface area (Å²) in [6, 6.07) is 16.4. The number of guanidine groups is 1. The van der Waals surface area contributed by atoms with Gasteiger partial charge in [-0.05, 0) is 11.1 Å². The molecule has 6 nitrogen and oxygen atoms in total. The molecule has 0 unspecified atom stereocenters. The van der Waals surface area contributed by atoms with E-state index in [1.807, 2.05) is 30.3 Å². The molecule has 0 aliphatic carbocycles. The maximum atomic E-state index is 10.7. The van der Waals surface area contributed by atoms with Crippen molar-refractivity contribution in [3.05, 3.63) is 88.5 Å². The lowest BCUT2D eigenvalue weighted by Gasteiger charge is -2.11. The molecule has 0 saturated carbocycles. The van der Waals surface area contributed by atoms with E-state index in [1.54, 1.807) is 18.2 Å². The smallest absolute Gasteiger partial charge is 0.269 e. The third kappa shape index (κ3) is 5.57. The van der Waals surface area contributed by atoms with Gasteiger partial charge in [-0.1, -0.05) is 48.5 Å². The maximum Gasteiger partial charge on any atom is 0.269 e. The quantitative estimate of drug-likeness (QED) is 0.270. The van der Waals surface area contributed by atoms with E-state index in [9.17, 15) is 10.1 Å². The molecule has 0 aliphatic heterocycles. The van der Waals surface area contributed by atoms with E-state index >= 15 is 0 Å². The van der Waals surface area contributed by atoms with Gasteiger partial charge < -0.3 is 10.6 Å². The summed E-state index contributed by atoms with van der Waals surface area (Å²) in [5, 5.41) is 17.0. The standard InChI is InChI=1S/C18H20N4O2/c1-2-12-19-18(20-13-15-6-4-3-5-7-15)21-14-16-8-10-17(11-9-16)22(23)24/h2-11H,1,12-14H2,(H2,19,20,21). The maximum absolute atomic E-state index is 10.7. The zero-order valence-electron chi connectivity index (χ0n) is 13.3. The van der Waals surface area contributed by atoms with Crippen molar-refractivity contribution in [3.8, 4) is 0 Å². The molecule has 24 heavy (non-hydrogen) atoms. The fourth-order valence-electron chi connectivity index (χ4n) is 2.02. The molecule has 0 radical (unpaired) electrons. The number of hydrogen-bond donors (Lipinski definition) is 2. The number of nitro groups is 1. The van der Waals surface area contributed by atoms with Gasteiger partial charge in [-0.15, -0.1) is 6.58 Å². The van der Waals surface area contributed by atoms with Crippen LogP contribution < -0.4 is 10.6 Å². The van der Waals surface area contributed by atoms with Crippen LogP contribution in [0, 0.1) is 10.1 Å². The van der Waals surface area contributed by atoms with Gasteiger partial charge in [-0.2, -0.15) is 0 Å². The number of nitrogens with one attached hydrogen (secondary N) is 2. The predicted molar refractivity (Wildman–Crippen MR) is 95.7 cm³/mol. The molecule has 2 N–H and O–H groups in total. The van der Waals surface area contributed by atoms with Crippen LogP contribution in [0.3, 0.4) is 0 Å². The minimum Gasteiger partial charge on any atom is -0.353 e. The van der Waals surface area contributed by atoms with Gasteiger partial charge in [-0.25, -0.2) is 4.99 Å². The van der Waals surface area contributed by atoms with E-state index in [4.69, 9.17) is 0 Å². The number of nitrogens with zero attached hydrogens (tertiary/aromatic N) is 2. The lowest BCUT2D eigenvalue weighted by atomic mass is 10.2. The van der Waals surface area contributed by atoms with Crippen LogP contribution in [0.4, 0.5) is 5.69 Å². The Morgan fingerprint density at radius 2 is 1.79 bits per heavy atom. The summed E-state index contributed by atoms with van der Waals surface area (Å²) in [6.07, 6.45) is 1.76. The lowest BCUT2D eigenvalue weighted by molar-refractivity contribution is -0.384. The fourth-order valence-corrected chi connectivity index (χ4v) is 2.02. The first-order valence-corrected chi connectivity index (χ1v) is 7.59. The molecule has 2 aromatic carbocycles. The van der Waals surface area contributed by atoms with E-state index < -0.39 is 4.92 Å². The number of rotatable bonds is 7. The molecule has 0 amide bonds. The van der Waals surface area contributed by atoms with E-state index in [-0.39, 0.29) is 5.69 Å². The second kappa shape index (κ2) is 9.09. The van der Waals surface area contributed by atoms with Gasteiger partial charge in [0.2, 0.25) is 0 Å². The molecule has 0 saturated heterocycles. The van der Waals surface area contributed by atoms with E-state index in [0.29, 0.717) is 25.6 Å². The molecule has 0 bridgehead atoms. The zero-order chi connectivity index (χ0) is 17.2. The van der Waals surface area contributed by atoms with Crippen LogP contribution >= 0.6 is 0 Å². The minimum atomic E-state index is -0.407. The molecular weight excluding hydrogens is 304 g/mol. The first-order chi connectivity index (χ1) is 11.7. The third-order valence-electron chi connectivity index (χ3n) is 3.28. The Morgan fingerprint density at radius 3 is 2.42 bits per heavy atom. The third-order valence-corrected chi connectivity index (χ3v) is 3.28. The summed E-state index contributed by atoms with van der Waals surface area (Å²) in [7, 11) is 0. The zero-order valence-corrected chi connectivity index (χ0v) is 13.3. The summed E-state index contributed by atoms with van der Waals surface area (Å²) in [4.78, 5) is 14.8. The van der Waals surface area contributed by atoms with Crippen molar-refractivity contribution in [1.29, 1.82) is 0 Å². The van der Waals surface area contributed by atoms with Crippen LogP contribution in [-0.2, 0) is 13.1 Å². The monoisotopic (exact) mass is 324 g/mol. The van der Waals surface area contributed by atoms with Crippen LogP contribution in [0.25, 0.3) is 0 Å². The summed E-state index contributed by atoms with van der Waals surface area (Å²) in [6.45, 7) is 5.37. The van der Waals surface area contributed by atoms with Gasteiger partial charge in [-0.3, -0.25) is 10.1 Å². The van der Waals surface area contributed by atoms with Crippen molar-refractivity contribution in [2.75, 3.05) is 6.54 Å². The van der Waals surface area contributed by atoms with E-state index in [0.717, 1.165) is 11.1 Å². The second-order valence-electron chi connectivity index (χ2n) is 5.10. The summed E-state index contributed by atoms with van der Waals surface area (Å²) < 4.78 is 0. The first-order valence-electron chi connectivity index (χ1n) is 7.59. The number of aliphatic imine (C=N–C) groups is 1. The summed E-state index contributed by atoms with van der Waals surface area (Å²) in [5.74, 6) is 0.664. The van der Waals surface area contributed by atoms with Gasteiger partial charge in [0.1, 0.15) is 0 Å². The molecule has 0 aliphatic rings. The molecule has 0 heterocycles. The minimum absolute atomic E-state index is 0.0847. The molecule has 0 atom stereocenters. The molecule has 2 rings (SSSR count). The highest BCUT2D eigenvalue weighted by Crippen LogP contribution is 2.11. The van der Waals surface area contributed by atoms with Crippen LogP contribution in [0.5, 0.6) is 0 Å². The number of benzene rings is 2.